The molecule has 2 rings (SSSR count). The van der Waals surface area contributed by atoms with Gasteiger partial charge in [0.15, 0.2) is 0 Å². The molecule has 3 nitrogen and oxygen atoms in total. The maximum absolute atomic E-state index is 10.2. The number of pyridine rings is 1. The summed E-state index contributed by atoms with van der Waals surface area (Å²) in [7, 11) is 0. The lowest BCUT2D eigenvalue weighted by Crippen LogP contribution is -1.98. The molecule has 1 aromatic heterocycles. The van der Waals surface area contributed by atoms with Gasteiger partial charge in [0, 0.05) is 18.0 Å². The summed E-state index contributed by atoms with van der Waals surface area (Å²) < 4.78 is 5.62. The zero-order valence-corrected chi connectivity index (χ0v) is 8.93. The Balaban J connectivity index is 2.14. The molecule has 0 fully saturated rings. The van der Waals surface area contributed by atoms with Gasteiger partial charge in [-0.25, -0.2) is 0 Å². The third kappa shape index (κ3) is 2.37. The molecule has 16 heavy (non-hydrogen) atoms. The molecule has 0 amide bonds. The van der Waals surface area contributed by atoms with Gasteiger partial charge in [-0.3, -0.25) is 4.98 Å². The normalized spacial score (nSPS) is 10.2. The predicted molar refractivity (Wildman–Crippen MR) is 62.5 cm³/mol. The fourth-order valence-electron chi connectivity index (χ4n) is 1.54. The lowest BCUT2D eigenvalue weighted by atomic mass is 10.2. The number of hydrogen-bond acceptors (Lipinski definition) is 3. The third-order valence-corrected chi connectivity index (χ3v) is 2.33. The van der Waals surface area contributed by atoms with E-state index in [1.54, 1.807) is 6.20 Å². The van der Waals surface area contributed by atoms with Crippen LogP contribution in [-0.4, -0.2) is 17.9 Å². The van der Waals surface area contributed by atoms with E-state index in [0.29, 0.717) is 13.0 Å². The van der Waals surface area contributed by atoms with E-state index in [-0.39, 0.29) is 0 Å². The number of aromatic nitrogens is 1. The standard InChI is InChI=1S/C13H13NO2/c15-9-3-4-10-16-13-7-8-14-12-6-2-1-5-11(12)13/h1-2,5-9H,3-4,10H2. The molecule has 3 heteroatoms. The molecule has 0 spiro atoms. The molecule has 1 aromatic carbocycles. The maximum atomic E-state index is 10.2. The minimum atomic E-state index is 0.545. The number of fused-ring (bicyclic) bond motifs is 1. The Kier molecular flexibility index (Phi) is 3.49. The van der Waals surface area contributed by atoms with E-state index in [0.717, 1.165) is 29.4 Å². The molecule has 0 atom stereocenters. The number of carbonyl (C=O) groups excluding carboxylic acids is 1. The molecule has 0 saturated carbocycles. The Morgan fingerprint density at radius 3 is 3.00 bits per heavy atom. The minimum Gasteiger partial charge on any atom is -0.493 e. The van der Waals surface area contributed by atoms with Crippen molar-refractivity contribution in [2.24, 2.45) is 0 Å². The second-order valence-electron chi connectivity index (χ2n) is 3.48. The van der Waals surface area contributed by atoms with Crippen molar-refractivity contribution in [2.75, 3.05) is 6.61 Å². The molecule has 82 valence electrons. The molecule has 2 aromatic rings. The molecule has 0 aliphatic heterocycles. The second kappa shape index (κ2) is 5.26. The van der Waals surface area contributed by atoms with Crippen LogP contribution in [-0.2, 0) is 4.79 Å². The first-order valence-electron chi connectivity index (χ1n) is 5.32. The van der Waals surface area contributed by atoms with Crippen molar-refractivity contribution in [2.45, 2.75) is 12.8 Å². The Morgan fingerprint density at radius 1 is 1.25 bits per heavy atom. The van der Waals surface area contributed by atoms with Gasteiger partial charge in [0.1, 0.15) is 12.0 Å². The van der Waals surface area contributed by atoms with E-state index in [1.807, 2.05) is 30.3 Å². The highest BCUT2D eigenvalue weighted by molar-refractivity contribution is 5.84. The third-order valence-electron chi connectivity index (χ3n) is 2.33. The van der Waals surface area contributed by atoms with E-state index < -0.39 is 0 Å². The van der Waals surface area contributed by atoms with Crippen LogP contribution >= 0.6 is 0 Å². The van der Waals surface area contributed by atoms with Crippen molar-refractivity contribution in [1.29, 1.82) is 0 Å². The van der Waals surface area contributed by atoms with Gasteiger partial charge in [0.2, 0.25) is 0 Å². The van der Waals surface area contributed by atoms with E-state index >= 15 is 0 Å². The van der Waals surface area contributed by atoms with E-state index in [1.165, 1.54) is 0 Å². The summed E-state index contributed by atoms with van der Waals surface area (Å²) in [4.78, 5) is 14.4. The zero-order chi connectivity index (χ0) is 11.2. The topological polar surface area (TPSA) is 39.2 Å². The molecule has 0 saturated heterocycles. The van der Waals surface area contributed by atoms with Crippen LogP contribution in [0.5, 0.6) is 5.75 Å². The molecule has 0 radical (unpaired) electrons. The second-order valence-corrected chi connectivity index (χ2v) is 3.48. The van der Waals surface area contributed by atoms with E-state index in [9.17, 15) is 4.79 Å². The number of para-hydroxylation sites is 1. The number of aldehydes is 1. The van der Waals surface area contributed by atoms with Crippen LogP contribution < -0.4 is 4.74 Å². The highest BCUT2D eigenvalue weighted by Gasteiger charge is 2.01. The van der Waals surface area contributed by atoms with Gasteiger partial charge in [0.25, 0.3) is 0 Å². The maximum Gasteiger partial charge on any atom is 0.130 e. The average Bonchev–Trinajstić information content (AvgIpc) is 2.35. The van der Waals surface area contributed by atoms with Crippen LogP contribution in [0.3, 0.4) is 0 Å². The fraction of sp³-hybridized carbons (Fsp3) is 0.231. The molecule has 0 unspecified atom stereocenters. The summed E-state index contributed by atoms with van der Waals surface area (Å²) in [6.07, 6.45) is 3.94. The summed E-state index contributed by atoms with van der Waals surface area (Å²) in [5.41, 5.74) is 0.926. The highest BCUT2D eigenvalue weighted by atomic mass is 16.5. The van der Waals surface area contributed by atoms with Gasteiger partial charge >= 0.3 is 0 Å². The van der Waals surface area contributed by atoms with Crippen molar-refractivity contribution < 1.29 is 9.53 Å². The lowest BCUT2D eigenvalue weighted by molar-refractivity contribution is -0.108. The van der Waals surface area contributed by atoms with E-state index in [2.05, 4.69) is 4.98 Å². The van der Waals surface area contributed by atoms with Crippen LogP contribution in [0.4, 0.5) is 0 Å². The molecule has 0 aliphatic carbocycles. The molecule has 0 aliphatic rings. The van der Waals surface area contributed by atoms with Crippen molar-refractivity contribution >= 4 is 17.2 Å². The van der Waals surface area contributed by atoms with Gasteiger partial charge in [-0.2, -0.15) is 0 Å². The Hall–Kier alpha value is -1.90. The van der Waals surface area contributed by atoms with Crippen LogP contribution in [0.15, 0.2) is 36.5 Å². The highest BCUT2D eigenvalue weighted by Crippen LogP contribution is 2.23. The SMILES string of the molecule is O=CCCCOc1ccnc2ccccc12. The first-order chi connectivity index (χ1) is 7.92. The van der Waals surface area contributed by atoms with Crippen LogP contribution in [0.25, 0.3) is 10.9 Å². The van der Waals surface area contributed by atoms with Gasteiger partial charge in [-0.05, 0) is 24.6 Å². The number of benzene rings is 1. The summed E-state index contributed by atoms with van der Waals surface area (Å²) >= 11 is 0. The van der Waals surface area contributed by atoms with E-state index in [4.69, 9.17) is 4.74 Å². The van der Waals surface area contributed by atoms with Crippen LogP contribution in [0.1, 0.15) is 12.8 Å². The van der Waals surface area contributed by atoms with Crippen molar-refractivity contribution in [3.05, 3.63) is 36.5 Å². The largest absolute Gasteiger partial charge is 0.493 e. The number of nitrogens with zero attached hydrogens (tertiary/aromatic N) is 1. The summed E-state index contributed by atoms with van der Waals surface area (Å²) in [5.74, 6) is 0.830. The average molecular weight is 215 g/mol. The number of ether oxygens (including phenoxy) is 1. The Bertz CT molecular complexity index is 477. The number of unbranched alkanes of at least 4 members (excludes halogenated alkanes) is 1. The van der Waals surface area contributed by atoms with Crippen molar-refractivity contribution in [1.82, 2.24) is 4.98 Å². The smallest absolute Gasteiger partial charge is 0.130 e. The van der Waals surface area contributed by atoms with Gasteiger partial charge < -0.3 is 9.53 Å². The van der Waals surface area contributed by atoms with Gasteiger partial charge in [0.05, 0.1) is 12.1 Å². The zero-order valence-electron chi connectivity index (χ0n) is 8.93. The number of carbonyl (C=O) groups is 1. The Morgan fingerprint density at radius 2 is 2.12 bits per heavy atom. The number of hydrogen-bond donors (Lipinski definition) is 0. The quantitative estimate of drug-likeness (QED) is 0.568. The van der Waals surface area contributed by atoms with Crippen molar-refractivity contribution in [3.63, 3.8) is 0 Å². The first-order valence-corrected chi connectivity index (χ1v) is 5.32. The van der Waals surface area contributed by atoms with Crippen LogP contribution in [0, 0.1) is 0 Å². The van der Waals surface area contributed by atoms with Gasteiger partial charge in [-0.15, -0.1) is 0 Å². The monoisotopic (exact) mass is 215 g/mol. The summed E-state index contributed by atoms with van der Waals surface area (Å²) in [5, 5.41) is 1.01. The molecule has 0 bridgehead atoms. The van der Waals surface area contributed by atoms with Gasteiger partial charge in [-0.1, -0.05) is 12.1 Å². The summed E-state index contributed by atoms with van der Waals surface area (Å²) in [6, 6.07) is 9.70. The molecule has 0 N–H and O–H groups in total. The molecule has 1 heterocycles. The minimum absolute atomic E-state index is 0.545. The van der Waals surface area contributed by atoms with Crippen LogP contribution in [0.2, 0.25) is 0 Å². The Labute approximate surface area is 94.1 Å². The molecular weight excluding hydrogens is 202 g/mol. The predicted octanol–water partition coefficient (Wildman–Crippen LogP) is 2.59. The first kappa shape index (κ1) is 10.6. The number of rotatable bonds is 5. The fourth-order valence-corrected chi connectivity index (χ4v) is 1.54. The lowest BCUT2D eigenvalue weighted by Gasteiger charge is -2.07. The molecular formula is C13H13NO2. The van der Waals surface area contributed by atoms with Crippen molar-refractivity contribution in [3.8, 4) is 5.75 Å². The summed E-state index contributed by atoms with van der Waals surface area (Å²) in [6.45, 7) is 0.562.